The van der Waals surface area contributed by atoms with E-state index in [2.05, 4.69) is 18.7 Å². The van der Waals surface area contributed by atoms with E-state index in [-0.39, 0.29) is 24.8 Å². The van der Waals surface area contributed by atoms with Crippen molar-refractivity contribution in [3.05, 3.63) is 59.2 Å². The summed E-state index contributed by atoms with van der Waals surface area (Å²) >= 11 is 9.66. The summed E-state index contributed by atoms with van der Waals surface area (Å²) in [5.74, 6) is 0. The third-order valence-electron chi connectivity index (χ3n) is 4.67. The van der Waals surface area contributed by atoms with Crippen molar-refractivity contribution >= 4 is 43.6 Å². The Kier molecular flexibility index (Phi) is 21.9. The number of aromatic nitrogens is 2. The molecule has 0 aliphatic heterocycles. The van der Waals surface area contributed by atoms with Crippen molar-refractivity contribution in [2.75, 3.05) is 19.6 Å². The van der Waals surface area contributed by atoms with Crippen LogP contribution in [0.4, 0.5) is 22.3 Å². The summed E-state index contributed by atoms with van der Waals surface area (Å²) in [6, 6.07) is 5.11. The van der Waals surface area contributed by atoms with E-state index in [9.17, 15) is 21.8 Å². The van der Waals surface area contributed by atoms with E-state index < -0.39 is 47.8 Å². The highest BCUT2D eigenvalue weighted by Gasteiger charge is 2.30. The number of rotatable bonds is 6. The first-order valence-corrected chi connectivity index (χ1v) is 14.3. The van der Waals surface area contributed by atoms with Gasteiger partial charge in [-0.15, -0.1) is 4.36 Å². The first-order chi connectivity index (χ1) is 17.0. The van der Waals surface area contributed by atoms with Crippen LogP contribution in [0.15, 0.2) is 45.4 Å². The fourth-order valence-electron chi connectivity index (χ4n) is 2.38. The number of hydrogen-bond acceptors (Lipinski definition) is 8. The first-order valence-electron chi connectivity index (χ1n) is 9.89. The van der Waals surface area contributed by atoms with E-state index in [1.165, 1.54) is 36.8 Å². The second-order valence-corrected chi connectivity index (χ2v) is 12.5. The fourth-order valence-corrected chi connectivity index (χ4v) is 4.39. The molecule has 0 spiro atoms. The van der Waals surface area contributed by atoms with Gasteiger partial charge in [-0.05, 0) is 66.6 Å². The zero-order chi connectivity index (χ0) is 29.0. The van der Waals surface area contributed by atoms with Crippen LogP contribution in [0.3, 0.4) is 0 Å². The van der Waals surface area contributed by atoms with E-state index >= 15 is 0 Å². The molecule has 17 heteroatoms. The Balaban J connectivity index is -0.000000285. The van der Waals surface area contributed by atoms with Crippen LogP contribution in [0.2, 0.25) is 0 Å². The number of alkyl halides is 6. The summed E-state index contributed by atoms with van der Waals surface area (Å²) in [6.45, 7) is 3.44. The van der Waals surface area contributed by atoms with Crippen molar-refractivity contribution in [2.45, 2.75) is 50.0 Å². The van der Waals surface area contributed by atoms with Crippen LogP contribution in [0, 0.1) is 22.9 Å². The number of aliphatic hydroxyl groups excluding tert-OH is 1. The lowest BCUT2D eigenvalue weighted by atomic mass is 10.2. The topological polar surface area (TPSA) is 135 Å². The molecule has 2 heterocycles. The number of nitriles is 2. The number of nitrogens with zero attached hydrogens (tertiary/aromatic N) is 6. The maximum Gasteiger partial charge on any atom is 0.364 e. The fraction of sp³-hybridized carbons (Fsp3) is 0.478. The summed E-state index contributed by atoms with van der Waals surface area (Å²) in [7, 11) is -2.25. The Morgan fingerprint density at radius 2 is 1.35 bits per heavy atom. The Morgan fingerprint density at radius 3 is 1.65 bits per heavy atom. The molecular weight excluding hydrogens is 622 g/mol. The van der Waals surface area contributed by atoms with Gasteiger partial charge in [0.2, 0.25) is 12.4 Å². The maximum atomic E-state index is 12.7. The predicted molar refractivity (Wildman–Crippen MR) is 152 cm³/mol. The van der Waals surface area contributed by atoms with Crippen LogP contribution in [-0.2, 0) is 31.2 Å². The summed E-state index contributed by atoms with van der Waals surface area (Å²) in [5, 5.41) is 16.2. The first kappa shape index (κ1) is 44.6. The molecule has 0 saturated heterocycles. The van der Waals surface area contributed by atoms with Gasteiger partial charge in [-0.1, -0.05) is 37.7 Å². The van der Waals surface area contributed by atoms with Crippen molar-refractivity contribution in [1.29, 1.82) is 10.5 Å². The minimum Gasteiger partial charge on any atom is -0.400 e. The lowest BCUT2D eigenvalue weighted by Gasteiger charge is -2.13. The van der Waals surface area contributed by atoms with Gasteiger partial charge in [-0.25, -0.2) is 4.21 Å². The summed E-state index contributed by atoms with van der Waals surface area (Å²) in [4.78, 5) is 7.12. The molecule has 8 nitrogen and oxygen atoms in total. The van der Waals surface area contributed by atoms with Crippen LogP contribution in [0.25, 0.3) is 0 Å². The second-order valence-electron chi connectivity index (χ2n) is 7.00. The van der Waals surface area contributed by atoms with Gasteiger partial charge in [0.1, 0.15) is 11.4 Å². The van der Waals surface area contributed by atoms with Gasteiger partial charge >= 0.3 is 10.8 Å². The number of halogens is 7. The predicted octanol–water partition coefficient (Wildman–Crippen LogP) is 7.39. The monoisotopic (exact) mass is 654 g/mol. The molecule has 4 atom stereocenters. The Morgan fingerprint density at radius 1 is 0.950 bits per heavy atom. The minimum absolute atomic E-state index is 0. The summed E-state index contributed by atoms with van der Waals surface area (Å²) < 4.78 is 69.9. The number of pyridine rings is 2. The Hall–Kier alpha value is -2.43. The molecule has 0 radical (unpaired) electrons. The zero-order valence-corrected chi connectivity index (χ0v) is 23.8. The quantitative estimate of drug-likeness (QED) is 0.196. The van der Waals surface area contributed by atoms with E-state index in [0.717, 1.165) is 24.9 Å². The van der Waals surface area contributed by atoms with E-state index in [4.69, 9.17) is 38.8 Å². The molecule has 0 aliphatic rings. The summed E-state index contributed by atoms with van der Waals surface area (Å²) in [6.07, 6.45) is 8.84. The van der Waals surface area contributed by atoms with Gasteiger partial charge in [-0.3, -0.25) is 14.7 Å². The van der Waals surface area contributed by atoms with Gasteiger partial charge in [0, 0.05) is 31.0 Å². The average molecular weight is 656 g/mol. The molecule has 0 amide bonds. The molecule has 1 N–H and O–H groups in total. The lowest BCUT2D eigenvalue weighted by Crippen LogP contribution is -2.10. The van der Waals surface area contributed by atoms with Gasteiger partial charge in [-0.2, -0.15) is 32.4 Å². The van der Waals surface area contributed by atoms with Gasteiger partial charge in [0.05, 0.1) is 15.0 Å². The second kappa shape index (κ2) is 19.6. The molecule has 0 aliphatic carbocycles. The van der Waals surface area contributed by atoms with Crippen LogP contribution in [-0.4, -0.2) is 38.9 Å². The summed E-state index contributed by atoms with van der Waals surface area (Å²) in [5.41, 5.74) is 0.133. The maximum absolute atomic E-state index is 12.7. The molecule has 2 aromatic heterocycles. The van der Waals surface area contributed by atoms with Gasteiger partial charge in [0.15, 0.2) is 0 Å². The van der Waals surface area contributed by atoms with Crippen molar-refractivity contribution in [3.63, 3.8) is 0 Å². The van der Waals surface area contributed by atoms with Crippen LogP contribution < -0.4 is 0 Å². The normalized spacial score (nSPS) is 14.1. The molecule has 2 aromatic rings. The molecule has 40 heavy (non-hydrogen) atoms. The molecule has 0 aromatic carbocycles. The van der Waals surface area contributed by atoms with Crippen LogP contribution in [0.1, 0.15) is 61.7 Å². The molecular formula is C23H33Cl2F5N6O2S2. The SMILES string of the molecule is C.C.CC(c1ccc(C(F)(F)Cl)nc1)S(C)(=O)=NC#N.CC(c1ccc(C(F)(F)Cl)nc1)S(C)=NC#N.CO.F. The van der Waals surface area contributed by atoms with Crippen molar-refractivity contribution in [2.24, 2.45) is 8.73 Å². The van der Waals surface area contributed by atoms with Crippen molar-refractivity contribution < 1.29 is 31.6 Å². The smallest absolute Gasteiger partial charge is 0.364 e. The Labute approximate surface area is 245 Å². The number of aliphatic hydroxyl groups is 1. The third-order valence-corrected chi connectivity index (χ3v) is 8.75. The zero-order valence-electron chi connectivity index (χ0n) is 20.7. The third kappa shape index (κ3) is 14.3. The molecule has 0 saturated carbocycles. The van der Waals surface area contributed by atoms with E-state index in [0.29, 0.717) is 5.56 Å². The highest BCUT2D eigenvalue weighted by molar-refractivity contribution is 7.93. The standard InChI is InChI=1S/C10H10ClF2N3OS.C10H10ClF2N3S.CH4O.2CH4.FH/c1-7(18(2,17)16-6-14)8-3-4-9(15-5-8)10(11,12)13;1-7(17(2)16-6-14)8-3-4-9(15-5-8)10(11,12)13;1-2;;;/h3-5,7H,1-2H3;3-5,7H,1-2H3;2H,1H3;2*1H4;1H. The molecule has 4 unspecified atom stereocenters. The molecule has 0 fully saturated rings. The largest absolute Gasteiger partial charge is 0.400 e. The lowest BCUT2D eigenvalue weighted by molar-refractivity contribution is 0.0894. The van der Waals surface area contributed by atoms with Gasteiger partial charge in [0.25, 0.3) is 0 Å². The number of hydrogen-bond donors (Lipinski definition) is 1. The minimum atomic E-state index is -3.54. The van der Waals surface area contributed by atoms with E-state index in [1.807, 2.05) is 6.92 Å². The van der Waals surface area contributed by atoms with Crippen LogP contribution >= 0.6 is 23.2 Å². The Bertz CT molecular complexity index is 1250. The van der Waals surface area contributed by atoms with Crippen molar-refractivity contribution in [1.82, 2.24) is 9.97 Å². The average Bonchev–Trinajstić information content (AvgIpc) is 2.84. The van der Waals surface area contributed by atoms with Crippen molar-refractivity contribution in [3.8, 4) is 12.4 Å². The van der Waals surface area contributed by atoms with E-state index in [1.54, 1.807) is 19.4 Å². The van der Waals surface area contributed by atoms with Crippen LogP contribution in [0.5, 0.6) is 0 Å². The molecule has 2 rings (SSSR count). The molecule has 228 valence electrons. The van der Waals surface area contributed by atoms with Gasteiger partial charge < -0.3 is 5.11 Å². The highest BCUT2D eigenvalue weighted by Crippen LogP contribution is 2.32. The molecule has 0 bridgehead atoms. The highest BCUT2D eigenvalue weighted by atomic mass is 35.5.